The first-order chi connectivity index (χ1) is 7.95. The normalized spacial score (nSPS) is 45.4. The lowest BCUT2D eigenvalue weighted by Crippen LogP contribution is -2.61. The quantitative estimate of drug-likeness (QED) is 0.816. The fraction of sp³-hybridized carbons (Fsp3) is 1.00. The molecule has 0 heterocycles. The number of hydrogen-bond acceptors (Lipinski definition) is 2. The molecule has 0 amide bonds. The number of rotatable bonds is 3. The maximum Gasteiger partial charge on any atom is 0.0659 e. The van der Waals surface area contributed by atoms with E-state index in [9.17, 15) is 0 Å². The van der Waals surface area contributed by atoms with Gasteiger partial charge in [-0.1, -0.05) is 27.7 Å². The Morgan fingerprint density at radius 1 is 1.06 bits per heavy atom. The molecule has 0 aromatic carbocycles. The van der Waals surface area contributed by atoms with Crippen LogP contribution in [0, 0.1) is 17.3 Å². The molecule has 0 aromatic rings. The fourth-order valence-corrected chi connectivity index (χ4v) is 3.46. The Morgan fingerprint density at radius 3 is 2.29 bits per heavy atom. The van der Waals surface area contributed by atoms with Crippen LogP contribution < -0.4 is 5.32 Å². The van der Waals surface area contributed by atoms with E-state index in [4.69, 9.17) is 4.74 Å². The predicted octanol–water partition coefficient (Wildman–Crippen LogP) is 3.21. The van der Waals surface area contributed by atoms with Crippen LogP contribution in [0.3, 0.4) is 0 Å². The smallest absolute Gasteiger partial charge is 0.0659 e. The van der Waals surface area contributed by atoms with Gasteiger partial charge in [-0.25, -0.2) is 0 Å². The molecule has 5 atom stereocenters. The van der Waals surface area contributed by atoms with Crippen LogP contribution in [0.4, 0.5) is 0 Å². The van der Waals surface area contributed by atoms with E-state index in [1.807, 2.05) is 0 Å². The van der Waals surface area contributed by atoms with Crippen LogP contribution in [-0.4, -0.2) is 25.3 Å². The van der Waals surface area contributed by atoms with Crippen LogP contribution in [0.1, 0.15) is 53.4 Å². The summed E-state index contributed by atoms with van der Waals surface area (Å²) in [6, 6.07) is 0.632. The molecule has 2 aliphatic rings. The Morgan fingerprint density at radius 2 is 1.76 bits per heavy atom. The molecule has 0 radical (unpaired) electrons. The van der Waals surface area contributed by atoms with Crippen molar-refractivity contribution in [1.82, 2.24) is 5.32 Å². The molecule has 2 heteroatoms. The third kappa shape index (κ3) is 2.53. The first-order valence-electron chi connectivity index (χ1n) is 7.27. The van der Waals surface area contributed by atoms with Crippen LogP contribution in [-0.2, 0) is 4.74 Å². The Balaban J connectivity index is 1.83. The van der Waals surface area contributed by atoms with Crippen molar-refractivity contribution in [2.24, 2.45) is 17.3 Å². The van der Waals surface area contributed by atoms with Gasteiger partial charge in [-0.05, 0) is 44.6 Å². The summed E-state index contributed by atoms with van der Waals surface area (Å²) in [5.74, 6) is 1.71. The zero-order valence-corrected chi connectivity index (χ0v) is 12.1. The second-order valence-corrected chi connectivity index (χ2v) is 6.91. The molecule has 2 nitrogen and oxygen atoms in total. The minimum atomic E-state index is 0.307. The van der Waals surface area contributed by atoms with E-state index in [1.165, 1.54) is 25.7 Å². The van der Waals surface area contributed by atoms with Gasteiger partial charge in [0.25, 0.3) is 0 Å². The highest BCUT2D eigenvalue weighted by Gasteiger charge is 2.49. The monoisotopic (exact) mass is 239 g/mol. The van der Waals surface area contributed by atoms with Crippen LogP contribution in [0.2, 0.25) is 0 Å². The zero-order chi connectivity index (χ0) is 12.6. The Kier molecular flexibility index (Phi) is 3.84. The largest absolute Gasteiger partial charge is 0.374 e. The Bertz CT molecular complexity index is 264. The summed E-state index contributed by atoms with van der Waals surface area (Å²) < 4.78 is 6.35. The minimum Gasteiger partial charge on any atom is -0.374 e. The van der Waals surface area contributed by atoms with E-state index in [1.54, 1.807) is 0 Å². The van der Waals surface area contributed by atoms with Gasteiger partial charge in [-0.3, -0.25) is 0 Å². The van der Waals surface area contributed by atoms with Crippen molar-refractivity contribution in [3.63, 3.8) is 0 Å². The SMILES string of the molecule is CNC1CC(OC2CCC(C)C(C)C2)C1(C)C. The lowest BCUT2D eigenvalue weighted by molar-refractivity contribution is -0.158. The van der Waals surface area contributed by atoms with Gasteiger partial charge in [0.2, 0.25) is 0 Å². The van der Waals surface area contributed by atoms with Crippen LogP contribution >= 0.6 is 0 Å². The van der Waals surface area contributed by atoms with Gasteiger partial charge in [0.1, 0.15) is 0 Å². The molecular weight excluding hydrogens is 210 g/mol. The van der Waals surface area contributed by atoms with Crippen molar-refractivity contribution in [3.8, 4) is 0 Å². The standard InChI is InChI=1S/C15H29NO/c1-10-6-7-12(8-11(10)2)17-14-9-13(16-5)15(14,3)4/h10-14,16H,6-9H2,1-5H3. The Hall–Kier alpha value is -0.0800. The summed E-state index contributed by atoms with van der Waals surface area (Å²) in [5.41, 5.74) is 0.307. The van der Waals surface area contributed by atoms with Gasteiger partial charge in [-0.15, -0.1) is 0 Å². The summed E-state index contributed by atoms with van der Waals surface area (Å²) >= 11 is 0. The molecule has 2 aliphatic carbocycles. The molecule has 5 unspecified atom stereocenters. The zero-order valence-electron chi connectivity index (χ0n) is 12.1. The second kappa shape index (κ2) is 4.89. The van der Waals surface area contributed by atoms with E-state index in [-0.39, 0.29) is 0 Å². The van der Waals surface area contributed by atoms with Gasteiger partial charge < -0.3 is 10.1 Å². The van der Waals surface area contributed by atoms with E-state index in [0.29, 0.717) is 23.7 Å². The van der Waals surface area contributed by atoms with E-state index in [2.05, 4.69) is 40.1 Å². The van der Waals surface area contributed by atoms with E-state index < -0.39 is 0 Å². The van der Waals surface area contributed by atoms with Gasteiger partial charge in [0.15, 0.2) is 0 Å². The molecule has 0 saturated heterocycles. The first-order valence-corrected chi connectivity index (χ1v) is 7.27. The topological polar surface area (TPSA) is 21.3 Å². The number of hydrogen-bond donors (Lipinski definition) is 1. The molecule has 2 saturated carbocycles. The van der Waals surface area contributed by atoms with Crippen molar-refractivity contribution < 1.29 is 4.74 Å². The van der Waals surface area contributed by atoms with Crippen LogP contribution in [0.5, 0.6) is 0 Å². The molecule has 17 heavy (non-hydrogen) atoms. The predicted molar refractivity (Wildman–Crippen MR) is 72.1 cm³/mol. The molecule has 2 rings (SSSR count). The molecule has 0 aromatic heterocycles. The third-order valence-electron chi connectivity index (χ3n) is 5.43. The van der Waals surface area contributed by atoms with Crippen molar-refractivity contribution in [1.29, 1.82) is 0 Å². The molecule has 100 valence electrons. The van der Waals surface area contributed by atoms with Crippen molar-refractivity contribution >= 4 is 0 Å². The number of nitrogens with one attached hydrogen (secondary N) is 1. The average Bonchev–Trinajstić information content (AvgIpc) is 2.28. The molecule has 0 bridgehead atoms. The van der Waals surface area contributed by atoms with E-state index in [0.717, 1.165) is 11.8 Å². The molecular formula is C15H29NO. The lowest BCUT2D eigenvalue weighted by Gasteiger charge is -2.53. The summed E-state index contributed by atoms with van der Waals surface area (Å²) in [6.07, 6.45) is 6.03. The highest BCUT2D eigenvalue weighted by molar-refractivity contribution is 5.02. The van der Waals surface area contributed by atoms with Gasteiger partial charge in [-0.2, -0.15) is 0 Å². The Labute approximate surface area is 107 Å². The van der Waals surface area contributed by atoms with Crippen LogP contribution in [0.15, 0.2) is 0 Å². The molecule has 0 aliphatic heterocycles. The fourth-order valence-electron chi connectivity index (χ4n) is 3.46. The van der Waals surface area contributed by atoms with Gasteiger partial charge >= 0.3 is 0 Å². The maximum atomic E-state index is 6.35. The van der Waals surface area contributed by atoms with Gasteiger partial charge in [0, 0.05) is 11.5 Å². The summed E-state index contributed by atoms with van der Waals surface area (Å²) in [4.78, 5) is 0. The molecule has 0 spiro atoms. The lowest BCUT2D eigenvalue weighted by atomic mass is 9.64. The second-order valence-electron chi connectivity index (χ2n) is 6.91. The average molecular weight is 239 g/mol. The molecule has 1 N–H and O–H groups in total. The minimum absolute atomic E-state index is 0.307. The summed E-state index contributed by atoms with van der Waals surface area (Å²) in [7, 11) is 2.06. The number of ether oxygens (including phenoxy) is 1. The van der Waals surface area contributed by atoms with Crippen LogP contribution in [0.25, 0.3) is 0 Å². The highest BCUT2D eigenvalue weighted by atomic mass is 16.5. The van der Waals surface area contributed by atoms with Crippen molar-refractivity contribution in [3.05, 3.63) is 0 Å². The van der Waals surface area contributed by atoms with Crippen molar-refractivity contribution in [2.75, 3.05) is 7.05 Å². The highest BCUT2D eigenvalue weighted by Crippen LogP contribution is 2.44. The summed E-state index contributed by atoms with van der Waals surface area (Å²) in [6.45, 7) is 9.42. The van der Waals surface area contributed by atoms with Crippen molar-refractivity contribution in [2.45, 2.75) is 71.6 Å². The van der Waals surface area contributed by atoms with Gasteiger partial charge in [0.05, 0.1) is 12.2 Å². The summed E-state index contributed by atoms with van der Waals surface area (Å²) in [5, 5.41) is 3.39. The molecule has 2 fully saturated rings. The maximum absolute atomic E-state index is 6.35. The first kappa shape index (κ1) is 13.4. The third-order valence-corrected chi connectivity index (χ3v) is 5.43. The van der Waals surface area contributed by atoms with E-state index >= 15 is 0 Å².